The predicted molar refractivity (Wildman–Crippen MR) is 97.6 cm³/mol. The van der Waals surface area contributed by atoms with Crippen LogP contribution in [0.3, 0.4) is 0 Å². The minimum atomic E-state index is -0.270. The third-order valence-electron chi connectivity index (χ3n) is 5.15. The molecule has 1 fully saturated rings. The standard InChI is InChI=1S/C19H21N5O2/c1-11-13(10-21-24(11)2)19(26)22-16-7-8-17(25)23-18(16)14-9-20-15-6-4-3-5-12(14)15/h3-6,9-10,16,18,20H,7-8H2,1-2H3,(H,22,26)(H,23,25)/t16-,18+/m1/s1. The highest BCUT2D eigenvalue weighted by atomic mass is 16.2. The summed E-state index contributed by atoms with van der Waals surface area (Å²) in [6, 6.07) is 7.50. The van der Waals surface area contributed by atoms with E-state index in [0.29, 0.717) is 18.4 Å². The molecule has 3 N–H and O–H groups in total. The summed E-state index contributed by atoms with van der Waals surface area (Å²) in [5, 5.41) is 11.3. The second-order valence-corrected chi connectivity index (χ2v) is 6.72. The first-order chi connectivity index (χ1) is 12.5. The van der Waals surface area contributed by atoms with Gasteiger partial charge in [0, 0.05) is 41.8 Å². The molecule has 7 heteroatoms. The molecule has 0 spiro atoms. The van der Waals surface area contributed by atoms with Gasteiger partial charge in [-0.3, -0.25) is 14.3 Å². The Morgan fingerprint density at radius 3 is 2.92 bits per heavy atom. The molecule has 0 radical (unpaired) electrons. The molecule has 0 aliphatic carbocycles. The van der Waals surface area contributed by atoms with Gasteiger partial charge in [-0.1, -0.05) is 18.2 Å². The van der Waals surface area contributed by atoms with Gasteiger partial charge in [-0.2, -0.15) is 5.10 Å². The van der Waals surface area contributed by atoms with Crippen LogP contribution in [0, 0.1) is 6.92 Å². The van der Waals surface area contributed by atoms with Crippen LogP contribution in [0.5, 0.6) is 0 Å². The maximum absolute atomic E-state index is 12.7. The van der Waals surface area contributed by atoms with Crippen molar-refractivity contribution in [1.82, 2.24) is 25.4 Å². The number of aromatic nitrogens is 3. The number of rotatable bonds is 3. The van der Waals surface area contributed by atoms with Gasteiger partial charge in [-0.05, 0) is 19.4 Å². The van der Waals surface area contributed by atoms with Gasteiger partial charge in [-0.25, -0.2) is 0 Å². The van der Waals surface area contributed by atoms with Gasteiger partial charge < -0.3 is 15.6 Å². The number of hydrogen-bond donors (Lipinski definition) is 3. The average molecular weight is 351 g/mol. The molecule has 0 unspecified atom stereocenters. The van der Waals surface area contributed by atoms with Crippen LogP contribution in [-0.2, 0) is 11.8 Å². The summed E-state index contributed by atoms with van der Waals surface area (Å²) in [6.45, 7) is 1.86. The molecular weight excluding hydrogens is 330 g/mol. The van der Waals surface area contributed by atoms with Gasteiger partial charge >= 0.3 is 0 Å². The lowest BCUT2D eigenvalue weighted by molar-refractivity contribution is -0.123. The molecular formula is C19H21N5O2. The lowest BCUT2D eigenvalue weighted by Gasteiger charge is -2.32. The molecule has 4 rings (SSSR count). The molecule has 0 saturated carbocycles. The summed E-state index contributed by atoms with van der Waals surface area (Å²) in [7, 11) is 1.81. The number of aromatic amines is 1. The number of aryl methyl sites for hydroxylation is 1. The van der Waals surface area contributed by atoms with Crippen molar-refractivity contribution >= 4 is 22.7 Å². The highest BCUT2D eigenvalue weighted by Gasteiger charge is 2.33. The molecule has 134 valence electrons. The van der Waals surface area contributed by atoms with Crippen LogP contribution < -0.4 is 10.6 Å². The number of amides is 2. The first-order valence-corrected chi connectivity index (χ1v) is 8.69. The normalized spacial score (nSPS) is 20.2. The molecule has 1 aromatic carbocycles. The van der Waals surface area contributed by atoms with E-state index < -0.39 is 0 Å². The highest BCUT2D eigenvalue weighted by molar-refractivity contribution is 5.95. The predicted octanol–water partition coefficient (Wildman–Crippen LogP) is 1.96. The van der Waals surface area contributed by atoms with Crippen LogP contribution in [0.1, 0.15) is 40.5 Å². The second kappa shape index (κ2) is 6.33. The number of para-hydroxylation sites is 1. The van der Waals surface area contributed by atoms with Crippen LogP contribution in [0.4, 0.5) is 0 Å². The molecule has 3 aromatic rings. The zero-order valence-electron chi connectivity index (χ0n) is 14.7. The Labute approximate surface area is 150 Å². The van der Waals surface area contributed by atoms with Crippen molar-refractivity contribution in [3.63, 3.8) is 0 Å². The first kappa shape index (κ1) is 16.4. The highest BCUT2D eigenvalue weighted by Crippen LogP contribution is 2.30. The Balaban J connectivity index is 1.64. The SMILES string of the molecule is Cc1c(C(=O)N[C@@H]2CCC(=O)N[C@H]2c2c[nH]c3ccccc23)cnn1C. The van der Waals surface area contributed by atoms with Crippen molar-refractivity contribution < 1.29 is 9.59 Å². The number of fused-ring (bicyclic) bond motifs is 1. The molecule has 1 aliphatic heterocycles. The summed E-state index contributed by atoms with van der Waals surface area (Å²) in [5.41, 5.74) is 3.37. The molecule has 2 aromatic heterocycles. The maximum atomic E-state index is 12.7. The summed E-state index contributed by atoms with van der Waals surface area (Å²) < 4.78 is 1.68. The molecule has 26 heavy (non-hydrogen) atoms. The minimum Gasteiger partial charge on any atom is -0.361 e. The lowest BCUT2D eigenvalue weighted by atomic mass is 9.91. The van der Waals surface area contributed by atoms with Gasteiger partial charge in [0.15, 0.2) is 0 Å². The van der Waals surface area contributed by atoms with Crippen LogP contribution in [0.25, 0.3) is 10.9 Å². The number of benzene rings is 1. The van der Waals surface area contributed by atoms with Gasteiger partial charge in [-0.15, -0.1) is 0 Å². The smallest absolute Gasteiger partial charge is 0.255 e. The topological polar surface area (TPSA) is 91.8 Å². The summed E-state index contributed by atoms with van der Waals surface area (Å²) in [5.74, 6) is -0.162. The minimum absolute atomic E-state index is 0.00309. The monoisotopic (exact) mass is 351 g/mol. The lowest BCUT2D eigenvalue weighted by Crippen LogP contribution is -2.50. The molecule has 0 bridgehead atoms. The fourth-order valence-corrected chi connectivity index (χ4v) is 3.57. The Morgan fingerprint density at radius 2 is 2.15 bits per heavy atom. The fraction of sp³-hybridized carbons (Fsp3) is 0.316. The number of nitrogens with one attached hydrogen (secondary N) is 3. The quantitative estimate of drug-likeness (QED) is 0.673. The third-order valence-corrected chi connectivity index (χ3v) is 5.15. The number of piperidine rings is 1. The van der Waals surface area contributed by atoms with Crippen molar-refractivity contribution in [2.24, 2.45) is 7.05 Å². The zero-order valence-corrected chi connectivity index (χ0v) is 14.7. The zero-order chi connectivity index (χ0) is 18.3. The number of hydrogen-bond acceptors (Lipinski definition) is 3. The number of nitrogens with zero attached hydrogens (tertiary/aromatic N) is 2. The number of H-pyrrole nitrogens is 1. The van der Waals surface area contributed by atoms with Gasteiger partial charge in [0.05, 0.1) is 23.8 Å². The van der Waals surface area contributed by atoms with E-state index >= 15 is 0 Å². The molecule has 3 heterocycles. The summed E-state index contributed by atoms with van der Waals surface area (Å²) in [6.07, 6.45) is 4.49. The van der Waals surface area contributed by atoms with E-state index in [1.807, 2.05) is 44.4 Å². The summed E-state index contributed by atoms with van der Waals surface area (Å²) in [4.78, 5) is 28.0. The van der Waals surface area contributed by atoms with E-state index in [9.17, 15) is 9.59 Å². The van der Waals surface area contributed by atoms with E-state index in [0.717, 1.165) is 22.2 Å². The van der Waals surface area contributed by atoms with Crippen molar-refractivity contribution in [1.29, 1.82) is 0 Å². The number of carbonyl (C=O) groups excluding carboxylic acids is 2. The Morgan fingerprint density at radius 1 is 1.35 bits per heavy atom. The van der Waals surface area contributed by atoms with E-state index in [1.54, 1.807) is 10.9 Å². The van der Waals surface area contributed by atoms with E-state index in [1.165, 1.54) is 0 Å². The summed E-state index contributed by atoms with van der Waals surface area (Å²) >= 11 is 0. The van der Waals surface area contributed by atoms with Crippen LogP contribution in [0.15, 0.2) is 36.7 Å². The first-order valence-electron chi connectivity index (χ1n) is 8.69. The Hall–Kier alpha value is -3.09. The van der Waals surface area contributed by atoms with Crippen molar-refractivity contribution in [2.45, 2.75) is 31.8 Å². The Bertz CT molecular complexity index is 987. The average Bonchev–Trinajstić information content (AvgIpc) is 3.20. The van der Waals surface area contributed by atoms with Gasteiger partial charge in [0.25, 0.3) is 5.91 Å². The van der Waals surface area contributed by atoms with Crippen LogP contribution in [0.2, 0.25) is 0 Å². The van der Waals surface area contributed by atoms with Crippen LogP contribution >= 0.6 is 0 Å². The van der Waals surface area contributed by atoms with Crippen LogP contribution in [-0.4, -0.2) is 32.6 Å². The molecule has 1 saturated heterocycles. The van der Waals surface area contributed by atoms with Crippen molar-refractivity contribution in [3.8, 4) is 0 Å². The third kappa shape index (κ3) is 2.75. The maximum Gasteiger partial charge on any atom is 0.255 e. The molecule has 2 amide bonds. The van der Waals surface area contributed by atoms with E-state index in [2.05, 4.69) is 20.7 Å². The second-order valence-electron chi connectivity index (χ2n) is 6.72. The van der Waals surface area contributed by atoms with Gasteiger partial charge in [0.1, 0.15) is 0 Å². The van der Waals surface area contributed by atoms with Gasteiger partial charge in [0.2, 0.25) is 5.91 Å². The molecule has 2 atom stereocenters. The van der Waals surface area contributed by atoms with E-state index in [4.69, 9.17) is 0 Å². The molecule has 7 nitrogen and oxygen atoms in total. The van der Waals surface area contributed by atoms with Crippen molar-refractivity contribution in [2.75, 3.05) is 0 Å². The van der Waals surface area contributed by atoms with E-state index in [-0.39, 0.29) is 23.9 Å². The number of carbonyl (C=O) groups is 2. The fourth-order valence-electron chi connectivity index (χ4n) is 3.57. The largest absolute Gasteiger partial charge is 0.361 e. The Kier molecular flexibility index (Phi) is 3.99. The van der Waals surface area contributed by atoms with Crippen molar-refractivity contribution in [3.05, 3.63) is 53.5 Å². The molecule has 1 aliphatic rings.